The molecule has 3 nitrogen and oxygen atoms in total. The lowest BCUT2D eigenvalue weighted by molar-refractivity contribution is -0.174. The van der Waals surface area contributed by atoms with Gasteiger partial charge in [-0.2, -0.15) is 13.2 Å². The Morgan fingerprint density at radius 3 is 2.67 bits per heavy atom. The molecule has 1 N–H and O–H groups in total. The van der Waals surface area contributed by atoms with E-state index in [0.717, 1.165) is 10.0 Å². The molecule has 0 aliphatic heterocycles. The maximum atomic E-state index is 11.8. The Bertz CT molecular complexity index is 435. The summed E-state index contributed by atoms with van der Waals surface area (Å²) in [4.78, 5) is 11.3. The van der Waals surface area contributed by atoms with E-state index in [1.165, 1.54) is 0 Å². The lowest BCUT2D eigenvalue weighted by Gasteiger charge is -2.09. The zero-order valence-electron chi connectivity index (χ0n) is 9.47. The lowest BCUT2D eigenvalue weighted by Crippen LogP contribution is -2.23. The van der Waals surface area contributed by atoms with Crippen molar-refractivity contribution >= 4 is 27.5 Å². The summed E-state index contributed by atoms with van der Waals surface area (Å²) in [5, 5.41) is 2.43. The number of aryl methyl sites for hydroxylation is 1. The molecule has 0 saturated carbocycles. The van der Waals surface area contributed by atoms with Crippen LogP contribution in [0, 0.1) is 6.92 Å². The van der Waals surface area contributed by atoms with Crippen LogP contribution in [0.25, 0.3) is 0 Å². The van der Waals surface area contributed by atoms with Crippen molar-refractivity contribution < 1.29 is 22.7 Å². The summed E-state index contributed by atoms with van der Waals surface area (Å²) in [5.41, 5.74) is 1.48. The predicted molar refractivity (Wildman–Crippen MR) is 64.4 cm³/mol. The minimum absolute atomic E-state index is 0.494. The minimum atomic E-state index is -4.42. The number of anilines is 1. The topological polar surface area (TPSA) is 38.3 Å². The second kappa shape index (κ2) is 6.19. The van der Waals surface area contributed by atoms with E-state index in [9.17, 15) is 18.0 Å². The highest BCUT2D eigenvalue weighted by Crippen LogP contribution is 2.20. The molecule has 0 fully saturated rings. The fraction of sp³-hybridized carbons (Fsp3) is 0.364. The molecule has 0 bridgehead atoms. The number of amides is 1. The molecule has 0 aliphatic carbocycles. The zero-order valence-corrected chi connectivity index (χ0v) is 11.1. The third-order valence-electron chi connectivity index (χ3n) is 1.95. The van der Waals surface area contributed by atoms with Gasteiger partial charge in [0.25, 0.3) is 0 Å². The Balaban J connectivity index is 2.42. The molecule has 0 heterocycles. The van der Waals surface area contributed by atoms with Gasteiger partial charge in [-0.3, -0.25) is 4.79 Å². The summed E-state index contributed by atoms with van der Waals surface area (Å²) in [6.45, 7) is -0.189. The Morgan fingerprint density at radius 1 is 1.44 bits per heavy atom. The number of alkyl halides is 3. The molecule has 7 heteroatoms. The van der Waals surface area contributed by atoms with E-state index in [2.05, 4.69) is 26.0 Å². The van der Waals surface area contributed by atoms with Crippen molar-refractivity contribution in [1.82, 2.24) is 0 Å². The SMILES string of the molecule is Cc1ccc(NC(=O)COCC(F)(F)F)cc1Br. The Labute approximate surface area is 110 Å². The fourth-order valence-corrected chi connectivity index (χ4v) is 1.51. The third kappa shape index (κ3) is 5.50. The van der Waals surface area contributed by atoms with E-state index in [4.69, 9.17) is 0 Å². The number of benzene rings is 1. The first kappa shape index (κ1) is 15.0. The Morgan fingerprint density at radius 2 is 2.11 bits per heavy atom. The van der Waals surface area contributed by atoms with Crippen molar-refractivity contribution in [2.45, 2.75) is 13.1 Å². The van der Waals surface area contributed by atoms with E-state index < -0.39 is 25.3 Å². The van der Waals surface area contributed by atoms with Crippen LogP contribution in [-0.4, -0.2) is 25.3 Å². The predicted octanol–water partition coefficient (Wildman–Crippen LogP) is 3.27. The standard InChI is InChI=1S/C11H11BrF3NO2/c1-7-2-3-8(4-9(7)12)16-10(17)5-18-6-11(13,14)15/h2-4H,5-6H2,1H3,(H,16,17). The van der Waals surface area contributed by atoms with Crippen molar-refractivity contribution in [3.05, 3.63) is 28.2 Å². The number of halogens is 4. The summed E-state index contributed by atoms with van der Waals surface area (Å²) in [6, 6.07) is 5.09. The zero-order chi connectivity index (χ0) is 13.8. The highest BCUT2D eigenvalue weighted by atomic mass is 79.9. The lowest BCUT2D eigenvalue weighted by atomic mass is 10.2. The van der Waals surface area contributed by atoms with Crippen LogP contribution >= 0.6 is 15.9 Å². The summed E-state index contributed by atoms with van der Waals surface area (Å²) < 4.78 is 40.3. The van der Waals surface area contributed by atoms with Gasteiger partial charge >= 0.3 is 6.18 Å². The number of rotatable bonds is 4. The van der Waals surface area contributed by atoms with E-state index in [-0.39, 0.29) is 0 Å². The molecule has 1 amide bonds. The number of hydrogen-bond acceptors (Lipinski definition) is 2. The minimum Gasteiger partial charge on any atom is -0.362 e. The van der Waals surface area contributed by atoms with Crippen LogP contribution in [0.15, 0.2) is 22.7 Å². The number of carbonyl (C=O) groups excluding carboxylic acids is 1. The molecule has 0 saturated heterocycles. The van der Waals surface area contributed by atoms with Gasteiger partial charge in [0.15, 0.2) is 0 Å². The van der Waals surface area contributed by atoms with E-state index in [1.54, 1.807) is 18.2 Å². The maximum Gasteiger partial charge on any atom is 0.411 e. The van der Waals surface area contributed by atoms with Crippen LogP contribution in [0.5, 0.6) is 0 Å². The van der Waals surface area contributed by atoms with Crippen molar-refractivity contribution in [2.75, 3.05) is 18.5 Å². The van der Waals surface area contributed by atoms with Gasteiger partial charge in [0.1, 0.15) is 13.2 Å². The largest absolute Gasteiger partial charge is 0.411 e. The van der Waals surface area contributed by atoms with Crippen molar-refractivity contribution in [3.8, 4) is 0 Å². The molecule has 0 radical (unpaired) electrons. The molecule has 0 aromatic heterocycles. The van der Waals surface area contributed by atoms with Crippen LogP contribution in [0.4, 0.5) is 18.9 Å². The summed E-state index contributed by atoms with van der Waals surface area (Å²) in [6.07, 6.45) is -4.42. The van der Waals surface area contributed by atoms with Crippen LogP contribution in [0.2, 0.25) is 0 Å². The molecule has 1 aromatic rings. The van der Waals surface area contributed by atoms with Crippen LogP contribution < -0.4 is 5.32 Å². The van der Waals surface area contributed by atoms with Gasteiger partial charge in [0.05, 0.1) is 0 Å². The van der Waals surface area contributed by atoms with Gasteiger partial charge in [0, 0.05) is 10.2 Å². The third-order valence-corrected chi connectivity index (χ3v) is 2.81. The smallest absolute Gasteiger partial charge is 0.362 e. The summed E-state index contributed by atoms with van der Waals surface area (Å²) >= 11 is 3.28. The number of ether oxygens (including phenoxy) is 1. The van der Waals surface area contributed by atoms with Crippen LogP contribution in [0.3, 0.4) is 0 Å². The molecule has 18 heavy (non-hydrogen) atoms. The second-order valence-corrected chi connectivity index (χ2v) is 4.47. The van der Waals surface area contributed by atoms with E-state index in [1.807, 2.05) is 6.92 Å². The van der Waals surface area contributed by atoms with Crippen molar-refractivity contribution in [1.29, 1.82) is 0 Å². The first-order valence-electron chi connectivity index (χ1n) is 4.98. The molecule has 100 valence electrons. The van der Waals surface area contributed by atoms with Crippen LogP contribution in [0.1, 0.15) is 5.56 Å². The molecule has 0 aliphatic rings. The average molecular weight is 326 g/mol. The number of carbonyl (C=O) groups is 1. The first-order chi connectivity index (χ1) is 8.28. The van der Waals surface area contributed by atoms with Gasteiger partial charge in [-0.15, -0.1) is 0 Å². The molecule has 1 aromatic carbocycles. The van der Waals surface area contributed by atoms with Gasteiger partial charge < -0.3 is 10.1 Å². The monoisotopic (exact) mass is 325 g/mol. The molecular weight excluding hydrogens is 315 g/mol. The van der Waals surface area contributed by atoms with Gasteiger partial charge in [-0.05, 0) is 24.6 Å². The summed E-state index contributed by atoms with van der Waals surface area (Å²) in [7, 11) is 0. The van der Waals surface area contributed by atoms with Crippen LogP contribution in [-0.2, 0) is 9.53 Å². The number of nitrogens with one attached hydrogen (secondary N) is 1. The van der Waals surface area contributed by atoms with E-state index >= 15 is 0 Å². The maximum absolute atomic E-state index is 11.8. The first-order valence-corrected chi connectivity index (χ1v) is 5.78. The normalized spacial score (nSPS) is 11.4. The highest BCUT2D eigenvalue weighted by Gasteiger charge is 2.27. The van der Waals surface area contributed by atoms with E-state index in [0.29, 0.717) is 5.69 Å². The Kier molecular flexibility index (Phi) is 5.15. The van der Waals surface area contributed by atoms with Gasteiger partial charge in [-0.25, -0.2) is 0 Å². The summed E-state index contributed by atoms with van der Waals surface area (Å²) in [5.74, 6) is -0.630. The average Bonchev–Trinajstić information content (AvgIpc) is 2.21. The molecular formula is C11H11BrF3NO2. The second-order valence-electron chi connectivity index (χ2n) is 3.62. The Hall–Kier alpha value is -1.08. The molecule has 0 unspecified atom stereocenters. The van der Waals surface area contributed by atoms with Crippen molar-refractivity contribution in [2.24, 2.45) is 0 Å². The fourth-order valence-electron chi connectivity index (χ4n) is 1.13. The van der Waals surface area contributed by atoms with Gasteiger partial charge in [-0.1, -0.05) is 22.0 Å². The quantitative estimate of drug-likeness (QED) is 0.922. The molecule has 1 rings (SSSR count). The highest BCUT2D eigenvalue weighted by molar-refractivity contribution is 9.10. The van der Waals surface area contributed by atoms with Crippen molar-refractivity contribution in [3.63, 3.8) is 0 Å². The van der Waals surface area contributed by atoms with Gasteiger partial charge in [0.2, 0.25) is 5.91 Å². The molecule has 0 atom stereocenters. The molecule has 0 spiro atoms. The number of hydrogen-bond donors (Lipinski definition) is 1.